The molecule has 0 fully saturated rings. The lowest BCUT2D eigenvalue weighted by atomic mass is 9.75. The maximum atomic E-state index is 13.9. The lowest BCUT2D eigenvalue weighted by molar-refractivity contribution is -0.384. The fourth-order valence-corrected chi connectivity index (χ4v) is 6.83. The number of fused-ring (bicyclic) bond motifs is 1. The topological polar surface area (TPSA) is 91.4 Å². The summed E-state index contributed by atoms with van der Waals surface area (Å²) < 4.78 is 34.5. The van der Waals surface area contributed by atoms with Crippen LogP contribution in [0.3, 0.4) is 0 Å². The SMILES string of the molecule is CCC[C@@H](c1ccc(OC)cc1)[C@@H](c1ccccc1)c1cn(S(=O)(=O)c2ccc([N+](=O)[O-])cc2)c2ccccc12. The molecule has 8 heteroatoms. The van der Waals surface area contributed by atoms with Crippen LogP contribution in [-0.2, 0) is 10.0 Å². The Morgan fingerprint density at radius 3 is 2.12 bits per heavy atom. The summed E-state index contributed by atoms with van der Waals surface area (Å²) in [5.41, 5.74) is 3.53. The Labute approximate surface area is 233 Å². The van der Waals surface area contributed by atoms with E-state index in [4.69, 9.17) is 4.74 Å². The van der Waals surface area contributed by atoms with Crippen molar-refractivity contribution in [1.82, 2.24) is 3.97 Å². The molecule has 0 saturated carbocycles. The van der Waals surface area contributed by atoms with Gasteiger partial charge in [-0.25, -0.2) is 12.4 Å². The first kappa shape index (κ1) is 27.1. The lowest BCUT2D eigenvalue weighted by Gasteiger charge is -2.28. The molecule has 0 N–H and O–H groups in total. The summed E-state index contributed by atoms with van der Waals surface area (Å²) in [5, 5.41) is 12.0. The minimum absolute atomic E-state index is 0.0121. The van der Waals surface area contributed by atoms with E-state index < -0.39 is 14.9 Å². The number of rotatable bonds is 10. The van der Waals surface area contributed by atoms with Crippen molar-refractivity contribution < 1.29 is 18.1 Å². The van der Waals surface area contributed by atoms with Crippen molar-refractivity contribution in [3.8, 4) is 5.75 Å². The predicted octanol–water partition coefficient (Wildman–Crippen LogP) is 7.51. The van der Waals surface area contributed by atoms with Gasteiger partial charge in [-0.3, -0.25) is 10.1 Å². The van der Waals surface area contributed by atoms with Gasteiger partial charge in [0, 0.05) is 29.6 Å². The lowest BCUT2D eigenvalue weighted by Crippen LogP contribution is -2.14. The van der Waals surface area contributed by atoms with Crippen LogP contribution in [0.15, 0.2) is 114 Å². The number of aromatic nitrogens is 1. The number of para-hydroxylation sites is 1. The molecule has 5 rings (SSSR count). The van der Waals surface area contributed by atoms with Crippen LogP contribution in [0.2, 0.25) is 0 Å². The van der Waals surface area contributed by atoms with Crippen LogP contribution < -0.4 is 4.74 Å². The minimum Gasteiger partial charge on any atom is -0.497 e. The van der Waals surface area contributed by atoms with Gasteiger partial charge in [-0.2, -0.15) is 0 Å². The van der Waals surface area contributed by atoms with Crippen molar-refractivity contribution in [1.29, 1.82) is 0 Å². The van der Waals surface area contributed by atoms with Gasteiger partial charge in [0.1, 0.15) is 5.75 Å². The van der Waals surface area contributed by atoms with Gasteiger partial charge in [-0.15, -0.1) is 0 Å². The average molecular weight is 555 g/mol. The Balaban J connectivity index is 1.72. The number of nitro groups is 1. The molecule has 0 amide bonds. The summed E-state index contributed by atoms with van der Waals surface area (Å²) in [6.45, 7) is 2.15. The van der Waals surface area contributed by atoms with Crippen molar-refractivity contribution in [2.45, 2.75) is 36.5 Å². The van der Waals surface area contributed by atoms with Crippen molar-refractivity contribution >= 4 is 26.6 Å². The van der Waals surface area contributed by atoms with Gasteiger partial charge in [0.25, 0.3) is 15.7 Å². The second-order valence-electron chi connectivity index (χ2n) is 9.71. The molecule has 1 heterocycles. The van der Waals surface area contributed by atoms with Crippen LogP contribution in [0.1, 0.15) is 48.3 Å². The first-order chi connectivity index (χ1) is 19.3. The third kappa shape index (κ3) is 5.10. The third-order valence-electron chi connectivity index (χ3n) is 7.35. The van der Waals surface area contributed by atoms with Gasteiger partial charge in [0.05, 0.1) is 22.4 Å². The van der Waals surface area contributed by atoms with Gasteiger partial charge in [0.2, 0.25) is 0 Å². The number of hydrogen-bond acceptors (Lipinski definition) is 5. The molecule has 5 aromatic rings. The van der Waals surface area contributed by atoms with Crippen LogP contribution in [-0.4, -0.2) is 24.4 Å². The first-order valence-corrected chi connectivity index (χ1v) is 14.6. The Bertz CT molecular complexity index is 1730. The van der Waals surface area contributed by atoms with Crippen molar-refractivity contribution in [2.75, 3.05) is 7.11 Å². The van der Waals surface area contributed by atoms with Crippen LogP contribution in [0.25, 0.3) is 10.9 Å². The molecule has 0 spiro atoms. The molecule has 7 nitrogen and oxygen atoms in total. The largest absolute Gasteiger partial charge is 0.497 e. The molecule has 1 aromatic heterocycles. The van der Waals surface area contributed by atoms with E-state index >= 15 is 0 Å². The Kier molecular flexibility index (Phi) is 7.71. The van der Waals surface area contributed by atoms with Crippen molar-refractivity contribution in [2.24, 2.45) is 0 Å². The molecule has 0 aliphatic carbocycles. The first-order valence-electron chi connectivity index (χ1n) is 13.1. The molecule has 40 heavy (non-hydrogen) atoms. The molecule has 4 aromatic carbocycles. The molecule has 0 aliphatic rings. The van der Waals surface area contributed by atoms with Gasteiger partial charge >= 0.3 is 0 Å². The van der Waals surface area contributed by atoms with E-state index in [1.54, 1.807) is 19.4 Å². The summed E-state index contributed by atoms with van der Waals surface area (Å²) in [7, 11) is -2.39. The third-order valence-corrected chi connectivity index (χ3v) is 9.04. The minimum atomic E-state index is -4.04. The predicted molar refractivity (Wildman–Crippen MR) is 157 cm³/mol. The highest BCUT2D eigenvalue weighted by Gasteiger charge is 2.31. The molecule has 204 valence electrons. The Morgan fingerprint density at radius 2 is 1.50 bits per heavy atom. The highest BCUT2D eigenvalue weighted by atomic mass is 32.2. The Hall–Kier alpha value is -4.43. The summed E-state index contributed by atoms with van der Waals surface area (Å²) in [4.78, 5) is 10.6. The zero-order valence-corrected chi connectivity index (χ0v) is 23.1. The monoisotopic (exact) mass is 554 g/mol. The highest BCUT2D eigenvalue weighted by molar-refractivity contribution is 7.90. The number of benzene rings is 4. The zero-order chi connectivity index (χ0) is 28.3. The van der Waals surface area contributed by atoms with Gasteiger partial charge in [-0.1, -0.05) is 74.0 Å². The van der Waals surface area contributed by atoms with E-state index in [1.165, 1.54) is 28.2 Å². The molecule has 0 saturated heterocycles. The molecule has 0 unspecified atom stereocenters. The molecule has 2 atom stereocenters. The second kappa shape index (κ2) is 11.4. The fourth-order valence-electron chi connectivity index (χ4n) is 5.45. The van der Waals surface area contributed by atoms with E-state index in [1.807, 2.05) is 48.5 Å². The van der Waals surface area contributed by atoms with Crippen LogP contribution in [0.5, 0.6) is 5.75 Å². The highest BCUT2D eigenvalue weighted by Crippen LogP contribution is 2.45. The summed E-state index contributed by atoms with van der Waals surface area (Å²) in [6, 6.07) is 30.8. The van der Waals surface area contributed by atoms with E-state index in [2.05, 4.69) is 31.2 Å². The van der Waals surface area contributed by atoms with E-state index in [-0.39, 0.29) is 22.4 Å². The number of non-ortho nitro benzene ring substituents is 1. The van der Waals surface area contributed by atoms with Crippen molar-refractivity contribution in [3.63, 3.8) is 0 Å². The van der Waals surface area contributed by atoms with E-state index in [0.29, 0.717) is 5.52 Å². The summed E-state index contributed by atoms with van der Waals surface area (Å²) in [5.74, 6) is 0.716. The normalized spacial score (nSPS) is 13.2. The molecule has 0 aliphatic heterocycles. The van der Waals surface area contributed by atoms with Crippen molar-refractivity contribution in [3.05, 3.63) is 136 Å². The number of nitro benzene ring substituents is 1. The number of hydrogen-bond donors (Lipinski definition) is 0. The second-order valence-corrected chi connectivity index (χ2v) is 11.5. The van der Waals surface area contributed by atoms with Gasteiger partial charge in [0.15, 0.2) is 0 Å². The number of ether oxygens (including phenoxy) is 1. The van der Waals surface area contributed by atoms with E-state index in [9.17, 15) is 18.5 Å². The van der Waals surface area contributed by atoms with Gasteiger partial charge < -0.3 is 4.74 Å². The average Bonchev–Trinajstić information content (AvgIpc) is 3.38. The number of nitrogens with zero attached hydrogens (tertiary/aromatic N) is 2. The molecular formula is C32H30N2O5S. The van der Waals surface area contributed by atoms with Crippen LogP contribution in [0, 0.1) is 10.1 Å². The Morgan fingerprint density at radius 1 is 0.850 bits per heavy atom. The summed E-state index contributed by atoms with van der Waals surface area (Å²) >= 11 is 0. The molecule has 0 bridgehead atoms. The smallest absolute Gasteiger partial charge is 0.269 e. The standard InChI is InChI=1S/C32H30N2O5S/c1-3-9-28(23-14-18-26(39-2)19-15-23)32(24-10-5-4-6-11-24)30-22-33(31-13-8-7-12-29(30)31)40(37,38)27-20-16-25(17-21-27)34(35)36/h4-8,10-22,28,32H,3,9H2,1-2H3/t28-,32+/m0/s1. The maximum Gasteiger partial charge on any atom is 0.269 e. The van der Waals surface area contributed by atoms with Crippen LogP contribution >= 0.6 is 0 Å². The van der Waals surface area contributed by atoms with E-state index in [0.717, 1.165) is 40.7 Å². The molecular weight excluding hydrogens is 524 g/mol. The van der Waals surface area contributed by atoms with Crippen LogP contribution in [0.4, 0.5) is 5.69 Å². The quantitative estimate of drug-likeness (QED) is 0.132. The zero-order valence-electron chi connectivity index (χ0n) is 22.3. The molecule has 0 radical (unpaired) electrons. The van der Waals surface area contributed by atoms with Gasteiger partial charge in [-0.05, 0) is 59.4 Å². The maximum absolute atomic E-state index is 13.9. The number of methoxy groups -OCH3 is 1. The fraction of sp³-hybridized carbons (Fsp3) is 0.188. The summed E-state index contributed by atoms with van der Waals surface area (Å²) in [6.07, 6.45) is 3.56.